The molecule has 1 aromatic carbocycles. The van der Waals surface area contributed by atoms with Gasteiger partial charge in [0.25, 0.3) is 5.91 Å². The molecule has 0 aliphatic heterocycles. The van der Waals surface area contributed by atoms with Gasteiger partial charge < -0.3 is 20.5 Å². The molecule has 0 saturated carbocycles. The molecule has 1 amide bonds. The summed E-state index contributed by atoms with van der Waals surface area (Å²) in [6.07, 6.45) is 0.776. The van der Waals surface area contributed by atoms with Crippen LogP contribution in [0.3, 0.4) is 0 Å². The van der Waals surface area contributed by atoms with E-state index in [9.17, 15) is 9.59 Å². The third-order valence-electron chi connectivity index (χ3n) is 3.14. The molecule has 116 valence electrons. The monoisotopic (exact) mass is 294 g/mol. The van der Waals surface area contributed by atoms with Crippen LogP contribution in [0.4, 0.5) is 5.69 Å². The molecule has 0 saturated heterocycles. The van der Waals surface area contributed by atoms with E-state index < -0.39 is 5.97 Å². The quantitative estimate of drug-likeness (QED) is 0.616. The Bertz CT molecular complexity index is 526. The van der Waals surface area contributed by atoms with Gasteiger partial charge >= 0.3 is 5.97 Å². The predicted octanol–water partition coefficient (Wildman–Crippen LogP) is 1.74. The highest BCUT2D eigenvalue weighted by Gasteiger charge is 2.20. The Morgan fingerprint density at radius 1 is 1.33 bits per heavy atom. The molecule has 0 radical (unpaired) electrons. The van der Waals surface area contributed by atoms with E-state index in [0.717, 1.165) is 6.42 Å². The highest BCUT2D eigenvalue weighted by molar-refractivity contribution is 5.94. The number of methoxy groups -OCH3 is 1. The van der Waals surface area contributed by atoms with E-state index in [1.165, 1.54) is 19.2 Å². The maximum absolute atomic E-state index is 12.0. The average molecular weight is 294 g/mol. The molecule has 0 aliphatic carbocycles. The SMILES string of the molecule is CCC(C)(C)NC(=O)COC(=O)c1ccc(N)cc1OC. The minimum absolute atomic E-state index is 0.231. The van der Waals surface area contributed by atoms with Crippen molar-refractivity contribution in [1.82, 2.24) is 5.32 Å². The first kappa shape index (κ1) is 16.8. The summed E-state index contributed by atoms with van der Waals surface area (Å²) in [6.45, 7) is 5.42. The van der Waals surface area contributed by atoms with Gasteiger partial charge in [-0.15, -0.1) is 0 Å². The number of nitrogen functional groups attached to an aromatic ring is 1. The normalized spacial score (nSPS) is 10.9. The largest absolute Gasteiger partial charge is 0.496 e. The molecule has 0 atom stereocenters. The topological polar surface area (TPSA) is 90.7 Å². The zero-order chi connectivity index (χ0) is 16.0. The van der Waals surface area contributed by atoms with Crippen LogP contribution in [0.2, 0.25) is 0 Å². The second-order valence-electron chi connectivity index (χ2n) is 5.32. The number of hydrogen-bond acceptors (Lipinski definition) is 5. The summed E-state index contributed by atoms with van der Waals surface area (Å²) in [6, 6.07) is 4.60. The molecule has 0 heterocycles. The zero-order valence-electron chi connectivity index (χ0n) is 12.9. The van der Waals surface area contributed by atoms with E-state index in [-0.39, 0.29) is 23.6 Å². The van der Waals surface area contributed by atoms with Crippen molar-refractivity contribution in [3.05, 3.63) is 23.8 Å². The van der Waals surface area contributed by atoms with E-state index in [4.69, 9.17) is 15.2 Å². The number of hydrogen-bond donors (Lipinski definition) is 2. The maximum atomic E-state index is 12.0. The Morgan fingerprint density at radius 2 is 2.00 bits per heavy atom. The van der Waals surface area contributed by atoms with E-state index in [0.29, 0.717) is 11.4 Å². The van der Waals surface area contributed by atoms with Gasteiger partial charge in [-0.1, -0.05) is 6.92 Å². The van der Waals surface area contributed by atoms with Crippen LogP contribution in [0.15, 0.2) is 18.2 Å². The Labute approximate surface area is 124 Å². The minimum Gasteiger partial charge on any atom is -0.496 e. The van der Waals surface area contributed by atoms with Crippen LogP contribution in [-0.4, -0.2) is 31.1 Å². The lowest BCUT2D eigenvalue weighted by molar-refractivity contribution is -0.125. The summed E-state index contributed by atoms with van der Waals surface area (Å²) < 4.78 is 10.1. The standard InChI is InChI=1S/C15H22N2O4/c1-5-15(2,3)17-13(18)9-21-14(19)11-7-6-10(16)8-12(11)20-4/h6-8H,5,9,16H2,1-4H3,(H,17,18). The lowest BCUT2D eigenvalue weighted by Crippen LogP contribution is -2.44. The summed E-state index contributed by atoms with van der Waals surface area (Å²) in [4.78, 5) is 23.7. The summed E-state index contributed by atoms with van der Waals surface area (Å²) in [5.41, 5.74) is 5.99. The van der Waals surface area contributed by atoms with E-state index in [2.05, 4.69) is 5.32 Å². The highest BCUT2D eigenvalue weighted by Crippen LogP contribution is 2.22. The molecule has 0 aliphatic rings. The molecular weight excluding hydrogens is 272 g/mol. The van der Waals surface area contributed by atoms with Gasteiger partial charge in [0.2, 0.25) is 0 Å². The number of amides is 1. The molecule has 0 spiro atoms. The van der Waals surface area contributed by atoms with Gasteiger partial charge in [-0.2, -0.15) is 0 Å². The summed E-state index contributed by atoms with van der Waals surface area (Å²) >= 11 is 0. The Balaban J connectivity index is 2.64. The molecule has 1 rings (SSSR count). The maximum Gasteiger partial charge on any atom is 0.342 e. The first-order chi connectivity index (χ1) is 9.79. The molecule has 0 fully saturated rings. The second kappa shape index (κ2) is 6.97. The molecule has 3 N–H and O–H groups in total. The summed E-state index contributed by atoms with van der Waals surface area (Å²) in [5, 5.41) is 2.78. The van der Waals surface area contributed by atoms with Crippen LogP contribution in [0.25, 0.3) is 0 Å². The van der Waals surface area contributed by atoms with Gasteiger partial charge in [0.1, 0.15) is 11.3 Å². The summed E-state index contributed by atoms with van der Waals surface area (Å²) in [5.74, 6) is -0.657. The van der Waals surface area contributed by atoms with E-state index in [1.807, 2.05) is 20.8 Å². The molecule has 0 bridgehead atoms. The van der Waals surface area contributed by atoms with Crippen molar-refractivity contribution in [1.29, 1.82) is 0 Å². The smallest absolute Gasteiger partial charge is 0.342 e. The van der Waals surface area contributed by atoms with Crippen molar-refractivity contribution in [2.45, 2.75) is 32.7 Å². The fourth-order valence-electron chi connectivity index (χ4n) is 1.59. The van der Waals surface area contributed by atoms with Crippen LogP contribution in [0.1, 0.15) is 37.6 Å². The average Bonchev–Trinajstić information content (AvgIpc) is 2.44. The van der Waals surface area contributed by atoms with Gasteiger partial charge in [0.05, 0.1) is 7.11 Å². The number of carbonyl (C=O) groups excluding carboxylic acids is 2. The molecule has 0 aromatic heterocycles. The first-order valence-electron chi connectivity index (χ1n) is 6.70. The van der Waals surface area contributed by atoms with Gasteiger partial charge in [0, 0.05) is 17.3 Å². The molecule has 0 unspecified atom stereocenters. The third kappa shape index (κ3) is 4.98. The molecule has 1 aromatic rings. The Kier molecular flexibility index (Phi) is 5.58. The molecule has 6 nitrogen and oxygen atoms in total. The number of esters is 1. The van der Waals surface area contributed by atoms with Crippen molar-refractivity contribution in [3.8, 4) is 5.75 Å². The van der Waals surface area contributed by atoms with Crippen molar-refractivity contribution < 1.29 is 19.1 Å². The van der Waals surface area contributed by atoms with E-state index >= 15 is 0 Å². The van der Waals surface area contributed by atoms with Crippen molar-refractivity contribution in [2.75, 3.05) is 19.5 Å². The number of rotatable bonds is 6. The van der Waals surface area contributed by atoms with Crippen molar-refractivity contribution in [2.24, 2.45) is 0 Å². The van der Waals surface area contributed by atoms with Crippen LogP contribution < -0.4 is 15.8 Å². The van der Waals surface area contributed by atoms with Gasteiger partial charge in [-0.25, -0.2) is 4.79 Å². The third-order valence-corrected chi connectivity index (χ3v) is 3.14. The Morgan fingerprint density at radius 3 is 2.57 bits per heavy atom. The first-order valence-corrected chi connectivity index (χ1v) is 6.70. The van der Waals surface area contributed by atoms with Crippen LogP contribution in [0, 0.1) is 0 Å². The number of ether oxygens (including phenoxy) is 2. The molecule has 21 heavy (non-hydrogen) atoms. The number of anilines is 1. The Hall–Kier alpha value is -2.24. The zero-order valence-corrected chi connectivity index (χ0v) is 12.9. The van der Waals surface area contributed by atoms with Gasteiger partial charge in [-0.05, 0) is 32.4 Å². The number of nitrogens with one attached hydrogen (secondary N) is 1. The van der Waals surface area contributed by atoms with Crippen molar-refractivity contribution in [3.63, 3.8) is 0 Å². The second-order valence-corrected chi connectivity index (χ2v) is 5.32. The van der Waals surface area contributed by atoms with Crippen LogP contribution in [0.5, 0.6) is 5.75 Å². The van der Waals surface area contributed by atoms with Crippen LogP contribution in [-0.2, 0) is 9.53 Å². The minimum atomic E-state index is -0.628. The fourth-order valence-corrected chi connectivity index (χ4v) is 1.59. The molecular formula is C15H22N2O4. The lowest BCUT2D eigenvalue weighted by Gasteiger charge is -2.24. The number of carbonyl (C=O) groups is 2. The van der Waals surface area contributed by atoms with Crippen LogP contribution >= 0.6 is 0 Å². The number of benzene rings is 1. The number of nitrogens with two attached hydrogens (primary N) is 1. The van der Waals surface area contributed by atoms with E-state index in [1.54, 1.807) is 6.07 Å². The highest BCUT2D eigenvalue weighted by atomic mass is 16.5. The van der Waals surface area contributed by atoms with Crippen molar-refractivity contribution >= 4 is 17.6 Å². The predicted molar refractivity (Wildman–Crippen MR) is 80.2 cm³/mol. The van der Waals surface area contributed by atoms with Gasteiger partial charge in [0.15, 0.2) is 6.61 Å². The summed E-state index contributed by atoms with van der Waals surface area (Å²) in [7, 11) is 1.43. The van der Waals surface area contributed by atoms with Gasteiger partial charge in [-0.3, -0.25) is 4.79 Å². The fraction of sp³-hybridized carbons (Fsp3) is 0.467. The molecule has 6 heteroatoms. The lowest BCUT2D eigenvalue weighted by atomic mass is 10.0.